The van der Waals surface area contributed by atoms with E-state index in [1.54, 1.807) is 12.0 Å². The molecule has 86 valence electrons. The molecule has 0 spiro atoms. The molecule has 1 aromatic carbocycles. The first-order valence-electron chi connectivity index (χ1n) is 5.75. The summed E-state index contributed by atoms with van der Waals surface area (Å²) in [6.45, 7) is 0.838. The Labute approximate surface area is 96.0 Å². The molecule has 0 N–H and O–H groups in total. The molecule has 0 aromatic heterocycles. The second-order valence-electron chi connectivity index (χ2n) is 4.05. The Morgan fingerprint density at radius 1 is 1.12 bits per heavy atom. The molecule has 1 saturated carbocycles. The van der Waals surface area contributed by atoms with Crippen LogP contribution in [-0.4, -0.2) is 19.6 Å². The van der Waals surface area contributed by atoms with E-state index >= 15 is 0 Å². The predicted octanol–water partition coefficient (Wildman–Crippen LogP) is 2.60. The minimum absolute atomic E-state index is 0.199. The van der Waals surface area contributed by atoms with E-state index < -0.39 is 0 Å². The highest BCUT2D eigenvalue weighted by Gasteiger charge is 2.24. The number of amides is 1. The molecule has 16 heavy (non-hydrogen) atoms. The lowest BCUT2D eigenvalue weighted by atomic mass is 10.1. The highest BCUT2D eigenvalue weighted by molar-refractivity contribution is 5.99. The molecule has 1 aromatic rings. The third kappa shape index (κ3) is 2.75. The molecule has 1 aliphatic heterocycles. The molecule has 1 amide bonds. The molecule has 0 unspecified atom stereocenters. The lowest BCUT2D eigenvalue weighted by Gasteiger charge is -2.30. The SMILES string of the molecule is C1CC1.COc1ccc(N2CCC2=O)cc1. The fourth-order valence-corrected chi connectivity index (χ4v) is 1.35. The van der Waals surface area contributed by atoms with E-state index in [0.29, 0.717) is 6.42 Å². The van der Waals surface area contributed by atoms with Gasteiger partial charge in [0.2, 0.25) is 5.91 Å². The van der Waals surface area contributed by atoms with E-state index in [2.05, 4.69) is 0 Å². The van der Waals surface area contributed by atoms with Gasteiger partial charge in [-0.3, -0.25) is 4.79 Å². The number of methoxy groups -OCH3 is 1. The minimum Gasteiger partial charge on any atom is -0.497 e. The standard InChI is InChI=1S/C10H11NO2.C3H6/c1-13-9-4-2-8(3-5-9)11-7-6-10(11)12;1-2-3-1/h2-5H,6-7H2,1H3;1-3H2. The first kappa shape index (κ1) is 11.0. The number of carbonyl (C=O) groups is 1. The maximum Gasteiger partial charge on any atom is 0.228 e. The van der Waals surface area contributed by atoms with Gasteiger partial charge in [-0.2, -0.15) is 0 Å². The van der Waals surface area contributed by atoms with Gasteiger partial charge in [-0.1, -0.05) is 19.3 Å². The van der Waals surface area contributed by atoms with Crippen molar-refractivity contribution in [2.45, 2.75) is 25.7 Å². The van der Waals surface area contributed by atoms with Crippen LogP contribution in [0.4, 0.5) is 5.69 Å². The summed E-state index contributed by atoms with van der Waals surface area (Å²) in [6.07, 6.45) is 5.17. The summed E-state index contributed by atoms with van der Waals surface area (Å²) >= 11 is 0. The Morgan fingerprint density at radius 3 is 2.06 bits per heavy atom. The summed E-state index contributed by atoms with van der Waals surface area (Å²) in [4.78, 5) is 12.8. The largest absolute Gasteiger partial charge is 0.497 e. The number of benzene rings is 1. The van der Waals surface area contributed by atoms with Crippen molar-refractivity contribution in [1.82, 2.24) is 0 Å². The minimum atomic E-state index is 0.199. The van der Waals surface area contributed by atoms with Crippen LogP contribution in [0.15, 0.2) is 24.3 Å². The van der Waals surface area contributed by atoms with Gasteiger partial charge < -0.3 is 9.64 Å². The molecule has 2 fully saturated rings. The van der Waals surface area contributed by atoms with E-state index in [-0.39, 0.29) is 5.91 Å². The lowest BCUT2D eigenvalue weighted by Crippen LogP contribution is -2.43. The fourth-order valence-electron chi connectivity index (χ4n) is 1.35. The second-order valence-corrected chi connectivity index (χ2v) is 4.05. The normalized spacial score (nSPS) is 17.1. The highest BCUT2D eigenvalue weighted by atomic mass is 16.5. The number of hydrogen-bond donors (Lipinski definition) is 0. The number of β-lactam (4-membered cyclic amide) rings is 1. The summed E-state index contributed by atoms with van der Waals surface area (Å²) in [7, 11) is 1.63. The van der Waals surface area contributed by atoms with Crippen molar-refractivity contribution in [2.24, 2.45) is 0 Å². The van der Waals surface area contributed by atoms with Gasteiger partial charge in [0.15, 0.2) is 0 Å². The van der Waals surface area contributed by atoms with Crippen LogP contribution in [0.1, 0.15) is 25.7 Å². The van der Waals surface area contributed by atoms with Crippen molar-refractivity contribution in [1.29, 1.82) is 0 Å². The molecular formula is C13H17NO2. The highest BCUT2D eigenvalue weighted by Crippen LogP contribution is 2.23. The van der Waals surface area contributed by atoms with Crippen molar-refractivity contribution in [2.75, 3.05) is 18.6 Å². The third-order valence-electron chi connectivity index (χ3n) is 2.59. The Morgan fingerprint density at radius 2 is 1.75 bits per heavy atom. The fraction of sp³-hybridized carbons (Fsp3) is 0.462. The molecule has 3 heteroatoms. The van der Waals surface area contributed by atoms with Crippen LogP contribution in [0.25, 0.3) is 0 Å². The number of carbonyl (C=O) groups excluding carboxylic acids is 1. The zero-order valence-electron chi connectivity index (χ0n) is 9.61. The van der Waals surface area contributed by atoms with Gasteiger partial charge in [0.05, 0.1) is 7.11 Å². The quantitative estimate of drug-likeness (QED) is 0.715. The number of anilines is 1. The van der Waals surface area contributed by atoms with Crippen LogP contribution in [-0.2, 0) is 4.79 Å². The van der Waals surface area contributed by atoms with E-state index in [0.717, 1.165) is 18.0 Å². The van der Waals surface area contributed by atoms with Crippen LogP contribution < -0.4 is 9.64 Å². The van der Waals surface area contributed by atoms with Crippen LogP contribution in [0.5, 0.6) is 5.75 Å². The summed E-state index contributed by atoms with van der Waals surface area (Å²) in [5.41, 5.74) is 0.956. The van der Waals surface area contributed by atoms with Crippen LogP contribution in [0.3, 0.4) is 0 Å². The van der Waals surface area contributed by atoms with Crippen molar-refractivity contribution in [3.63, 3.8) is 0 Å². The molecule has 0 radical (unpaired) electrons. The smallest absolute Gasteiger partial charge is 0.228 e. The van der Waals surface area contributed by atoms with E-state index in [4.69, 9.17) is 4.74 Å². The maximum atomic E-state index is 11.1. The molecule has 0 atom stereocenters. The summed E-state index contributed by atoms with van der Waals surface area (Å²) in [5.74, 6) is 1.02. The molecular weight excluding hydrogens is 202 g/mol. The van der Waals surface area contributed by atoms with Gasteiger partial charge in [-0.25, -0.2) is 0 Å². The summed E-state index contributed by atoms with van der Waals surface area (Å²) in [6, 6.07) is 7.52. The van der Waals surface area contributed by atoms with E-state index in [1.807, 2.05) is 24.3 Å². The number of ether oxygens (including phenoxy) is 1. The van der Waals surface area contributed by atoms with Crippen molar-refractivity contribution in [3.05, 3.63) is 24.3 Å². The monoisotopic (exact) mass is 219 g/mol. The molecule has 1 heterocycles. The predicted molar refractivity (Wildman–Crippen MR) is 63.8 cm³/mol. The molecule has 3 nitrogen and oxygen atoms in total. The van der Waals surface area contributed by atoms with Gasteiger partial charge in [0, 0.05) is 18.7 Å². The third-order valence-corrected chi connectivity index (χ3v) is 2.59. The first-order valence-corrected chi connectivity index (χ1v) is 5.75. The Bertz CT molecular complexity index is 354. The van der Waals surface area contributed by atoms with Crippen LogP contribution in [0, 0.1) is 0 Å². The molecule has 3 rings (SSSR count). The second kappa shape index (κ2) is 5.01. The van der Waals surface area contributed by atoms with Crippen molar-refractivity contribution >= 4 is 11.6 Å². The van der Waals surface area contributed by atoms with E-state index in [9.17, 15) is 4.79 Å². The summed E-state index contributed by atoms with van der Waals surface area (Å²) in [5, 5.41) is 0. The topological polar surface area (TPSA) is 29.5 Å². The van der Waals surface area contributed by atoms with Crippen LogP contribution in [0.2, 0.25) is 0 Å². The van der Waals surface area contributed by atoms with Gasteiger partial charge in [0.1, 0.15) is 5.75 Å². The average molecular weight is 219 g/mol. The van der Waals surface area contributed by atoms with E-state index in [1.165, 1.54) is 19.3 Å². The van der Waals surface area contributed by atoms with Crippen molar-refractivity contribution < 1.29 is 9.53 Å². The zero-order valence-corrected chi connectivity index (χ0v) is 9.61. The maximum absolute atomic E-state index is 11.1. The summed E-state index contributed by atoms with van der Waals surface area (Å²) < 4.78 is 5.02. The number of hydrogen-bond acceptors (Lipinski definition) is 2. The molecule has 1 aliphatic carbocycles. The molecule has 1 saturated heterocycles. The number of rotatable bonds is 2. The Kier molecular flexibility index (Phi) is 3.44. The Balaban J connectivity index is 0.000000278. The Hall–Kier alpha value is -1.51. The number of nitrogens with zero attached hydrogens (tertiary/aromatic N) is 1. The molecule has 0 bridgehead atoms. The van der Waals surface area contributed by atoms with Crippen molar-refractivity contribution in [3.8, 4) is 5.75 Å². The van der Waals surface area contributed by atoms with Gasteiger partial charge in [-0.05, 0) is 24.3 Å². The van der Waals surface area contributed by atoms with Crippen LogP contribution >= 0.6 is 0 Å². The molecule has 2 aliphatic rings. The zero-order chi connectivity index (χ0) is 11.4. The lowest BCUT2D eigenvalue weighted by molar-refractivity contribution is -0.122. The van der Waals surface area contributed by atoms with Gasteiger partial charge in [0.25, 0.3) is 0 Å². The van der Waals surface area contributed by atoms with Gasteiger partial charge >= 0.3 is 0 Å². The average Bonchev–Trinajstić information content (AvgIpc) is 3.16. The first-order chi connectivity index (χ1) is 7.81. The van der Waals surface area contributed by atoms with Gasteiger partial charge in [-0.15, -0.1) is 0 Å².